The van der Waals surface area contributed by atoms with Gasteiger partial charge in [0.05, 0.1) is 0 Å². The summed E-state index contributed by atoms with van der Waals surface area (Å²) in [6.07, 6.45) is 1.000. The van der Waals surface area contributed by atoms with Gasteiger partial charge in [0.1, 0.15) is 11.8 Å². The van der Waals surface area contributed by atoms with Crippen molar-refractivity contribution in [1.29, 1.82) is 5.26 Å². The van der Waals surface area contributed by atoms with Crippen LogP contribution < -0.4 is 10.6 Å². The Labute approximate surface area is 115 Å². The minimum atomic E-state index is -0.00488. The summed E-state index contributed by atoms with van der Waals surface area (Å²) in [5, 5.41) is 9.00. The zero-order valence-electron chi connectivity index (χ0n) is 12.3. The molecule has 0 unspecified atom stereocenters. The van der Waals surface area contributed by atoms with E-state index in [0.717, 1.165) is 25.2 Å². The van der Waals surface area contributed by atoms with Crippen LogP contribution in [0.4, 0.5) is 5.95 Å². The molecule has 2 N–H and O–H groups in total. The molecule has 0 saturated carbocycles. The van der Waals surface area contributed by atoms with Crippen molar-refractivity contribution in [1.82, 2.24) is 9.97 Å². The van der Waals surface area contributed by atoms with Crippen LogP contribution >= 0.6 is 0 Å². The molecular formula is C14H23N5. The van der Waals surface area contributed by atoms with Crippen molar-refractivity contribution >= 4 is 5.95 Å². The van der Waals surface area contributed by atoms with E-state index in [1.54, 1.807) is 6.07 Å². The predicted molar refractivity (Wildman–Crippen MR) is 76.8 cm³/mol. The highest BCUT2D eigenvalue weighted by molar-refractivity contribution is 5.36. The van der Waals surface area contributed by atoms with Gasteiger partial charge in [-0.3, -0.25) is 0 Å². The van der Waals surface area contributed by atoms with Gasteiger partial charge in [-0.2, -0.15) is 5.26 Å². The smallest absolute Gasteiger partial charge is 0.226 e. The molecule has 0 aliphatic rings. The average molecular weight is 261 g/mol. The topological polar surface area (TPSA) is 78.8 Å². The summed E-state index contributed by atoms with van der Waals surface area (Å²) >= 11 is 0. The fourth-order valence-electron chi connectivity index (χ4n) is 1.85. The fourth-order valence-corrected chi connectivity index (χ4v) is 1.85. The molecule has 1 rings (SSSR count). The molecule has 0 aromatic carbocycles. The van der Waals surface area contributed by atoms with Gasteiger partial charge in [-0.25, -0.2) is 9.97 Å². The molecule has 0 aliphatic carbocycles. The second-order valence-corrected chi connectivity index (χ2v) is 5.60. The van der Waals surface area contributed by atoms with E-state index in [4.69, 9.17) is 11.0 Å². The summed E-state index contributed by atoms with van der Waals surface area (Å²) in [4.78, 5) is 10.9. The highest BCUT2D eigenvalue weighted by Crippen LogP contribution is 2.19. The monoisotopic (exact) mass is 261 g/mol. The number of aromatic nitrogens is 2. The van der Waals surface area contributed by atoms with Crippen molar-refractivity contribution in [3.05, 3.63) is 17.5 Å². The highest BCUT2D eigenvalue weighted by Gasteiger charge is 2.22. The normalized spacial score (nSPS) is 11.2. The first-order valence-corrected chi connectivity index (χ1v) is 6.62. The molecule has 0 bridgehead atoms. The van der Waals surface area contributed by atoms with E-state index in [0.29, 0.717) is 18.2 Å². The van der Waals surface area contributed by atoms with Crippen molar-refractivity contribution in [2.24, 2.45) is 11.1 Å². The van der Waals surface area contributed by atoms with Crippen LogP contribution in [0.1, 0.15) is 38.6 Å². The third-order valence-electron chi connectivity index (χ3n) is 2.90. The molecule has 0 amide bonds. The van der Waals surface area contributed by atoms with Gasteiger partial charge >= 0.3 is 0 Å². The van der Waals surface area contributed by atoms with E-state index in [1.807, 2.05) is 6.92 Å². The number of anilines is 1. The van der Waals surface area contributed by atoms with Crippen molar-refractivity contribution in [2.45, 2.75) is 34.1 Å². The van der Waals surface area contributed by atoms with Gasteiger partial charge in [-0.1, -0.05) is 20.8 Å². The lowest BCUT2D eigenvalue weighted by molar-refractivity contribution is 0.375. The Morgan fingerprint density at radius 1 is 1.42 bits per heavy atom. The molecule has 0 saturated heterocycles. The van der Waals surface area contributed by atoms with Crippen LogP contribution in [0.15, 0.2) is 6.07 Å². The third kappa shape index (κ3) is 4.49. The number of nitrogens with zero attached hydrogens (tertiary/aromatic N) is 4. The van der Waals surface area contributed by atoms with Crippen molar-refractivity contribution in [3.8, 4) is 6.07 Å². The van der Waals surface area contributed by atoms with Crippen LogP contribution in [0.5, 0.6) is 0 Å². The van der Waals surface area contributed by atoms with Crippen LogP contribution in [0.2, 0.25) is 0 Å². The lowest BCUT2D eigenvalue weighted by Gasteiger charge is -2.31. The van der Waals surface area contributed by atoms with E-state index in [2.05, 4.69) is 41.7 Å². The molecule has 1 heterocycles. The van der Waals surface area contributed by atoms with Gasteiger partial charge in [0.25, 0.3) is 0 Å². The van der Waals surface area contributed by atoms with Gasteiger partial charge in [-0.05, 0) is 31.4 Å². The van der Waals surface area contributed by atoms with E-state index in [1.165, 1.54) is 0 Å². The number of hydrogen-bond donors (Lipinski definition) is 1. The lowest BCUT2D eigenvalue weighted by Crippen LogP contribution is -2.40. The summed E-state index contributed by atoms with van der Waals surface area (Å²) < 4.78 is 0. The molecular weight excluding hydrogens is 238 g/mol. The summed E-state index contributed by atoms with van der Waals surface area (Å²) in [6, 6.07) is 3.78. The number of nitriles is 1. The van der Waals surface area contributed by atoms with Crippen LogP contribution in [0, 0.1) is 23.7 Å². The van der Waals surface area contributed by atoms with E-state index < -0.39 is 0 Å². The maximum atomic E-state index is 9.00. The van der Waals surface area contributed by atoms with Gasteiger partial charge in [0, 0.05) is 18.8 Å². The summed E-state index contributed by atoms with van der Waals surface area (Å²) in [7, 11) is 0. The molecule has 0 spiro atoms. The molecule has 5 heteroatoms. The first-order chi connectivity index (χ1) is 8.91. The second-order valence-electron chi connectivity index (χ2n) is 5.60. The highest BCUT2D eigenvalue weighted by atomic mass is 15.3. The Morgan fingerprint density at radius 2 is 2.11 bits per heavy atom. The zero-order valence-corrected chi connectivity index (χ0v) is 12.3. The van der Waals surface area contributed by atoms with Gasteiger partial charge in [0.2, 0.25) is 5.95 Å². The molecule has 0 fully saturated rings. The Balaban J connectivity index is 3.05. The second kappa shape index (κ2) is 6.48. The standard InChI is InChI=1S/C14H23N5/c1-5-6-19(10-14(3,4)9-16)13-17-11(2)7-12(8-15)18-13/h7H,5-6,9-10,16H2,1-4H3. The van der Waals surface area contributed by atoms with Crippen molar-refractivity contribution in [3.63, 3.8) is 0 Å². The molecule has 5 nitrogen and oxygen atoms in total. The Morgan fingerprint density at radius 3 is 2.63 bits per heavy atom. The van der Waals surface area contributed by atoms with Crippen LogP contribution in [-0.4, -0.2) is 29.6 Å². The third-order valence-corrected chi connectivity index (χ3v) is 2.90. The summed E-state index contributed by atoms with van der Waals surface area (Å²) in [5.74, 6) is 0.625. The van der Waals surface area contributed by atoms with E-state index in [-0.39, 0.29) is 5.41 Å². The van der Waals surface area contributed by atoms with E-state index >= 15 is 0 Å². The summed E-state index contributed by atoms with van der Waals surface area (Å²) in [6.45, 7) is 10.5. The Hall–Kier alpha value is -1.67. The lowest BCUT2D eigenvalue weighted by atomic mass is 9.93. The molecule has 0 atom stereocenters. The zero-order chi connectivity index (χ0) is 14.5. The first kappa shape index (κ1) is 15.4. The first-order valence-electron chi connectivity index (χ1n) is 6.62. The minimum absolute atomic E-state index is 0.00488. The van der Waals surface area contributed by atoms with Gasteiger partial charge < -0.3 is 10.6 Å². The SMILES string of the molecule is CCCN(CC(C)(C)CN)c1nc(C)cc(C#N)n1. The minimum Gasteiger partial charge on any atom is -0.340 e. The van der Waals surface area contributed by atoms with Gasteiger partial charge in [0.15, 0.2) is 0 Å². The van der Waals surface area contributed by atoms with Crippen molar-refractivity contribution < 1.29 is 0 Å². The molecule has 1 aromatic heterocycles. The van der Waals surface area contributed by atoms with Crippen molar-refractivity contribution in [2.75, 3.05) is 24.5 Å². The van der Waals surface area contributed by atoms with Crippen LogP contribution in [0.25, 0.3) is 0 Å². The number of hydrogen-bond acceptors (Lipinski definition) is 5. The Kier molecular flexibility index (Phi) is 5.25. The molecule has 0 aliphatic heterocycles. The fraction of sp³-hybridized carbons (Fsp3) is 0.643. The van der Waals surface area contributed by atoms with Crippen LogP contribution in [-0.2, 0) is 0 Å². The maximum Gasteiger partial charge on any atom is 0.226 e. The largest absolute Gasteiger partial charge is 0.340 e. The molecule has 1 aromatic rings. The number of rotatable bonds is 6. The van der Waals surface area contributed by atoms with Gasteiger partial charge in [-0.15, -0.1) is 0 Å². The van der Waals surface area contributed by atoms with E-state index in [9.17, 15) is 0 Å². The number of nitrogens with two attached hydrogens (primary N) is 1. The quantitative estimate of drug-likeness (QED) is 0.845. The molecule has 19 heavy (non-hydrogen) atoms. The summed E-state index contributed by atoms with van der Waals surface area (Å²) in [5.41, 5.74) is 7.01. The predicted octanol–water partition coefficient (Wildman–Crippen LogP) is 1.86. The average Bonchev–Trinajstić information content (AvgIpc) is 2.37. The molecule has 104 valence electrons. The Bertz CT molecular complexity index is 461. The van der Waals surface area contributed by atoms with Crippen LogP contribution in [0.3, 0.4) is 0 Å². The molecule has 0 radical (unpaired) electrons. The maximum absolute atomic E-state index is 9.00. The number of aryl methyl sites for hydroxylation is 1.